The molecule has 0 unspecified atom stereocenters. The van der Waals surface area contributed by atoms with Crippen LogP contribution >= 0.6 is 0 Å². The first-order valence-electron chi connectivity index (χ1n) is 4.98. The monoisotopic (exact) mass is 253 g/mol. The molecule has 2 rings (SSSR count). The Morgan fingerprint density at radius 3 is 2.61 bits per heavy atom. The van der Waals surface area contributed by atoms with Gasteiger partial charge in [-0.05, 0) is 23.4 Å². The SMILES string of the molecule is O=[C-]c1nnccc1NCc1ccc(F)cc1.[Na+]. The molecule has 1 aromatic heterocycles. The zero-order valence-electron chi connectivity index (χ0n) is 9.85. The van der Waals surface area contributed by atoms with E-state index in [-0.39, 0.29) is 41.1 Å². The second-order valence-electron chi connectivity index (χ2n) is 3.38. The van der Waals surface area contributed by atoms with E-state index in [0.717, 1.165) is 5.56 Å². The van der Waals surface area contributed by atoms with Crippen molar-refractivity contribution in [1.82, 2.24) is 10.2 Å². The molecule has 0 fully saturated rings. The molecule has 1 aromatic carbocycles. The van der Waals surface area contributed by atoms with Crippen molar-refractivity contribution in [2.45, 2.75) is 6.54 Å². The number of rotatable bonds is 4. The number of hydrogen-bond acceptors (Lipinski definition) is 4. The molecule has 0 saturated heterocycles. The van der Waals surface area contributed by atoms with Crippen molar-refractivity contribution in [3.63, 3.8) is 0 Å². The fourth-order valence-corrected chi connectivity index (χ4v) is 1.35. The Morgan fingerprint density at radius 2 is 1.94 bits per heavy atom. The van der Waals surface area contributed by atoms with Crippen molar-refractivity contribution in [2.24, 2.45) is 0 Å². The Bertz CT molecular complexity index is 519. The molecule has 1 N–H and O–H groups in total. The minimum Gasteiger partial charge on any atom is -0.456 e. The molecule has 18 heavy (non-hydrogen) atoms. The summed E-state index contributed by atoms with van der Waals surface area (Å²) < 4.78 is 12.7. The summed E-state index contributed by atoms with van der Waals surface area (Å²) in [5, 5.41) is 10.2. The van der Waals surface area contributed by atoms with Gasteiger partial charge in [-0.3, -0.25) is 0 Å². The van der Waals surface area contributed by atoms with Crippen molar-refractivity contribution in [3.05, 3.63) is 53.6 Å². The van der Waals surface area contributed by atoms with E-state index in [9.17, 15) is 9.18 Å². The maximum atomic E-state index is 12.7. The van der Waals surface area contributed by atoms with E-state index in [0.29, 0.717) is 12.2 Å². The predicted molar refractivity (Wildman–Crippen MR) is 60.6 cm³/mol. The van der Waals surface area contributed by atoms with Crippen LogP contribution < -0.4 is 34.9 Å². The van der Waals surface area contributed by atoms with Gasteiger partial charge in [0.2, 0.25) is 0 Å². The van der Waals surface area contributed by atoms with E-state index in [1.807, 2.05) is 0 Å². The summed E-state index contributed by atoms with van der Waals surface area (Å²) in [5.74, 6) is -0.277. The van der Waals surface area contributed by atoms with Gasteiger partial charge in [0, 0.05) is 19.0 Å². The fourth-order valence-electron chi connectivity index (χ4n) is 1.35. The molecule has 0 bridgehead atoms. The minimum absolute atomic E-state index is 0. The zero-order chi connectivity index (χ0) is 12.1. The van der Waals surface area contributed by atoms with Gasteiger partial charge in [-0.15, -0.1) is 0 Å². The van der Waals surface area contributed by atoms with Gasteiger partial charge in [0.25, 0.3) is 0 Å². The molecule has 0 spiro atoms. The van der Waals surface area contributed by atoms with Crippen LogP contribution in [0.3, 0.4) is 0 Å². The Balaban J connectivity index is 0.00000162. The number of benzene rings is 1. The molecular weight excluding hydrogens is 244 g/mol. The van der Waals surface area contributed by atoms with Crippen LogP contribution in [0, 0.1) is 5.82 Å². The molecule has 0 aliphatic heterocycles. The molecule has 0 aliphatic carbocycles. The van der Waals surface area contributed by atoms with Gasteiger partial charge in [-0.2, -0.15) is 10.2 Å². The molecule has 0 aliphatic rings. The summed E-state index contributed by atoms with van der Waals surface area (Å²) >= 11 is 0. The molecule has 1 heterocycles. The Kier molecular flexibility index (Phi) is 5.91. The van der Waals surface area contributed by atoms with E-state index in [1.165, 1.54) is 18.3 Å². The predicted octanol–water partition coefficient (Wildman–Crippen LogP) is -1.31. The van der Waals surface area contributed by atoms with Gasteiger partial charge in [-0.1, -0.05) is 23.9 Å². The van der Waals surface area contributed by atoms with Gasteiger partial charge >= 0.3 is 29.6 Å². The summed E-state index contributed by atoms with van der Waals surface area (Å²) in [6, 6.07) is 7.74. The maximum Gasteiger partial charge on any atom is 1.00 e. The van der Waals surface area contributed by atoms with Crippen molar-refractivity contribution in [1.29, 1.82) is 0 Å². The van der Waals surface area contributed by atoms with Crippen LogP contribution in [-0.4, -0.2) is 16.5 Å². The second-order valence-corrected chi connectivity index (χ2v) is 3.38. The van der Waals surface area contributed by atoms with Crippen LogP contribution in [0.4, 0.5) is 10.1 Å². The van der Waals surface area contributed by atoms with E-state index in [2.05, 4.69) is 15.5 Å². The summed E-state index contributed by atoms with van der Waals surface area (Å²) in [5.41, 5.74) is 1.59. The molecule has 86 valence electrons. The molecular formula is C12H9FN3NaO. The number of nitrogens with one attached hydrogen (secondary N) is 1. The van der Waals surface area contributed by atoms with Crippen LogP contribution in [0.2, 0.25) is 0 Å². The van der Waals surface area contributed by atoms with Crippen molar-refractivity contribution in [2.75, 3.05) is 5.32 Å². The van der Waals surface area contributed by atoms with Crippen molar-refractivity contribution < 1.29 is 38.7 Å². The first kappa shape index (κ1) is 14.8. The summed E-state index contributed by atoms with van der Waals surface area (Å²) in [4.78, 5) is 10.6. The molecule has 4 nitrogen and oxygen atoms in total. The van der Waals surface area contributed by atoms with Crippen LogP contribution in [-0.2, 0) is 11.3 Å². The average Bonchev–Trinajstić information content (AvgIpc) is 2.38. The first-order valence-corrected chi connectivity index (χ1v) is 4.98. The van der Waals surface area contributed by atoms with Gasteiger partial charge in [0.1, 0.15) is 5.82 Å². The third-order valence-corrected chi connectivity index (χ3v) is 2.21. The van der Waals surface area contributed by atoms with Crippen LogP contribution in [0.15, 0.2) is 36.5 Å². The second kappa shape index (κ2) is 7.20. The van der Waals surface area contributed by atoms with Gasteiger partial charge in [0.05, 0.1) is 0 Å². The summed E-state index contributed by atoms with van der Waals surface area (Å²) in [6.45, 7) is 0.473. The van der Waals surface area contributed by atoms with E-state index in [1.54, 1.807) is 24.5 Å². The topological polar surface area (TPSA) is 54.9 Å². The van der Waals surface area contributed by atoms with Gasteiger partial charge < -0.3 is 10.1 Å². The Hall–Kier alpha value is -1.30. The number of halogens is 1. The van der Waals surface area contributed by atoms with Crippen molar-refractivity contribution >= 4 is 12.0 Å². The number of hydrogen-bond donors (Lipinski definition) is 1. The standard InChI is InChI=1S/C12H9FN3O.Na/c13-10-3-1-9(2-4-10)7-14-11-5-6-15-16-12(11)8-17;/h1-6H,7H2,(H,14,15);/q-1;+1. The molecule has 2 aromatic rings. The number of aromatic nitrogens is 2. The first-order chi connectivity index (χ1) is 8.29. The fraction of sp³-hybridized carbons (Fsp3) is 0.0833. The third-order valence-electron chi connectivity index (χ3n) is 2.21. The quantitative estimate of drug-likeness (QED) is 0.543. The molecule has 0 amide bonds. The Morgan fingerprint density at radius 1 is 1.22 bits per heavy atom. The van der Waals surface area contributed by atoms with E-state index >= 15 is 0 Å². The molecule has 0 saturated carbocycles. The number of nitrogens with zero attached hydrogens (tertiary/aromatic N) is 2. The number of anilines is 1. The zero-order valence-corrected chi connectivity index (χ0v) is 11.9. The van der Waals surface area contributed by atoms with Crippen LogP contribution in [0.1, 0.15) is 11.3 Å². The van der Waals surface area contributed by atoms with Crippen LogP contribution in [0.25, 0.3) is 0 Å². The minimum atomic E-state index is -0.277. The molecule has 0 radical (unpaired) electrons. The molecule has 6 heteroatoms. The van der Waals surface area contributed by atoms with Gasteiger partial charge in [-0.25, -0.2) is 4.39 Å². The normalized spacial score (nSPS) is 9.39. The Labute approximate surface area is 126 Å². The summed E-state index contributed by atoms with van der Waals surface area (Å²) in [7, 11) is 0. The van der Waals surface area contributed by atoms with Gasteiger partial charge in [0.15, 0.2) is 0 Å². The maximum absolute atomic E-state index is 12.7. The van der Waals surface area contributed by atoms with E-state index in [4.69, 9.17) is 0 Å². The largest absolute Gasteiger partial charge is 1.00 e. The van der Waals surface area contributed by atoms with Crippen LogP contribution in [0.5, 0.6) is 0 Å². The van der Waals surface area contributed by atoms with E-state index < -0.39 is 0 Å². The smallest absolute Gasteiger partial charge is 0.456 e. The number of carbonyl (C=O) groups excluding carboxylic acids is 1. The van der Waals surface area contributed by atoms with Crippen molar-refractivity contribution in [3.8, 4) is 0 Å². The third kappa shape index (κ3) is 3.87. The molecule has 0 atom stereocenters. The average molecular weight is 253 g/mol. The summed E-state index contributed by atoms with van der Waals surface area (Å²) in [6.07, 6.45) is 3.17.